The third-order valence-electron chi connectivity index (χ3n) is 2.70. The van der Waals surface area contributed by atoms with E-state index in [1.165, 1.54) is 0 Å². The molecule has 1 fully saturated rings. The number of anilines is 1. The summed E-state index contributed by atoms with van der Waals surface area (Å²) in [7, 11) is 0. The molecular formula is C11H14N4O. The second kappa shape index (κ2) is 4.71. The molecule has 5 heteroatoms. The van der Waals surface area contributed by atoms with Crippen molar-refractivity contribution in [1.82, 2.24) is 9.88 Å². The molecular weight excluding hydrogens is 204 g/mol. The topological polar surface area (TPSA) is 75.2 Å². The predicted octanol–water partition coefficient (Wildman–Crippen LogP) is 0.988. The minimum atomic E-state index is 0.194. The number of nitrogens with zero attached hydrogens (tertiary/aromatic N) is 3. The van der Waals surface area contributed by atoms with Crippen molar-refractivity contribution in [2.45, 2.75) is 18.9 Å². The molecule has 2 rings (SSSR count). The normalized spacial score (nSPS) is 19.4. The summed E-state index contributed by atoms with van der Waals surface area (Å²) in [6.45, 7) is 1.36. The van der Waals surface area contributed by atoms with Gasteiger partial charge in [0.05, 0.1) is 6.04 Å². The molecule has 0 amide bonds. The van der Waals surface area contributed by atoms with E-state index in [0.29, 0.717) is 18.2 Å². The molecule has 1 atom stereocenters. The average molecular weight is 218 g/mol. The van der Waals surface area contributed by atoms with Crippen molar-refractivity contribution in [3.8, 4) is 11.9 Å². The van der Waals surface area contributed by atoms with Crippen molar-refractivity contribution in [2.75, 3.05) is 18.9 Å². The molecule has 2 N–H and O–H groups in total. The van der Waals surface area contributed by atoms with Crippen LogP contribution in [0, 0.1) is 11.5 Å². The molecule has 1 aliphatic heterocycles. The zero-order chi connectivity index (χ0) is 11.4. The molecule has 1 saturated heterocycles. The Morgan fingerprint density at radius 2 is 2.56 bits per heavy atom. The van der Waals surface area contributed by atoms with Crippen LogP contribution in [0.1, 0.15) is 12.8 Å². The monoisotopic (exact) mass is 218 g/mol. The summed E-state index contributed by atoms with van der Waals surface area (Å²) in [4.78, 5) is 5.65. The zero-order valence-corrected chi connectivity index (χ0v) is 8.97. The molecule has 0 aromatic carbocycles. The number of nitrogens with two attached hydrogens (primary N) is 1. The van der Waals surface area contributed by atoms with Gasteiger partial charge in [-0.3, -0.25) is 0 Å². The lowest BCUT2D eigenvalue weighted by molar-refractivity contribution is 0.219. The number of pyridine rings is 1. The van der Waals surface area contributed by atoms with Crippen LogP contribution in [0.5, 0.6) is 5.75 Å². The second-order valence-electron chi connectivity index (χ2n) is 3.82. The van der Waals surface area contributed by atoms with Gasteiger partial charge in [0.25, 0.3) is 0 Å². The Kier molecular flexibility index (Phi) is 3.10. The first-order valence-electron chi connectivity index (χ1n) is 5.30. The second-order valence-corrected chi connectivity index (χ2v) is 3.82. The van der Waals surface area contributed by atoms with Gasteiger partial charge in [-0.15, -0.1) is 0 Å². The van der Waals surface area contributed by atoms with Crippen LogP contribution >= 0.6 is 0 Å². The smallest absolute Gasteiger partial charge is 0.179 e. The summed E-state index contributed by atoms with van der Waals surface area (Å²) in [5.41, 5.74) is 5.54. The number of nitriles is 1. The highest BCUT2D eigenvalue weighted by molar-refractivity contribution is 5.35. The molecule has 5 nitrogen and oxygen atoms in total. The van der Waals surface area contributed by atoms with Crippen LogP contribution in [0.2, 0.25) is 0 Å². The van der Waals surface area contributed by atoms with Crippen molar-refractivity contribution >= 4 is 5.82 Å². The van der Waals surface area contributed by atoms with Crippen LogP contribution in [0.4, 0.5) is 5.82 Å². The third-order valence-corrected chi connectivity index (χ3v) is 2.70. The lowest BCUT2D eigenvalue weighted by Crippen LogP contribution is -2.30. The summed E-state index contributed by atoms with van der Waals surface area (Å²) >= 11 is 0. The van der Waals surface area contributed by atoms with Crippen LogP contribution < -0.4 is 10.5 Å². The van der Waals surface area contributed by atoms with Gasteiger partial charge in [0.2, 0.25) is 0 Å². The van der Waals surface area contributed by atoms with Gasteiger partial charge < -0.3 is 15.4 Å². The SMILES string of the molecule is N#CN1CCC[C@H]1COc1ccnc(N)c1. The minimum Gasteiger partial charge on any atom is -0.491 e. The minimum absolute atomic E-state index is 0.194. The van der Waals surface area contributed by atoms with Crippen LogP contribution in [0.25, 0.3) is 0 Å². The van der Waals surface area contributed by atoms with E-state index < -0.39 is 0 Å². The van der Waals surface area contributed by atoms with E-state index in [9.17, 15) is 0 Å². The standard InChI is InChI=1S/C11H14N4O/c12-8-15-5-1-2-9(15)7-16-10-3-4-14-11(13)6-10/h3-4,6,9H,1-2,5,7H2,(H2,13,14)/t9-/m0/s1. The lowest BCUT2D eigenvalue weighted by Gasteiger charge is -2.18. The maximum atomic E-state index is 8.87. The molecule has 0 aliphatic carbocycles. The van der Waals surface area contributed by atoms with Crippen molar-refractivity contribution in [3.63, 3.8) is 0 Å². The van der Waals surface area contributed by atoms with Gasteiger partial charge in [-0.05, 0) is 18.9 Å². The number of rotatable bonds is 3. The number of likely N-dealkylation sites (tertiary alicyclic amines) is 1. The summed E-state index contributed by atoms with van der Waals surface area (Å²) in [6.07, 6.45) is 5.85. The van der Waals surface area contributed by atoms with Crippen molar-refractivity contribution in [3.05, 3.63) is 18.3 Å². The number of hydrogen-bond acceptors (Lipinski definition) is 5. The largest absolute Gasteiger partial charge is 0.491 e. The summed E-state index contributed by atoms with van der Waals surface area (Å²) in [5.74, 6) is 1.15. The molecule has 0 unspecified atom stereocenters. The highest BCUT2D eigenvalue weighted by Gasteiger charge is 2.23. The number of nitrogen functional groups attached to an aromatic ring is 1. The van der Waals surface area contributed by atoms with Crippen LogP contribution in [0.3, 0.4) is 0 Å². The van der Waals surface area contributed by atoms with Gasteiger partial charge in [-0.25, -0.2) is 4.98 Å². The Bertz CT molecular complexity index is 401. The zero-order valence-electron chi connectivity index (χ0n) is 8.97. The molecule has 1 aliphatic rings. The Balaban J connectivity index is 1.90. The van der Waals surface area contributed by atoms with Crippen molar-refractivity contribution < 1.29 is 4.74 Å². The number of hydrogen-bond donors (Lipinski definition) is 1. The highest BCUT2D eigenvalue weighted by Crippen LogP contribution is 2.18. The quantitative estimate of drug-likeness (QED) is 0.766. The molecule has 16 heavy (non-hydrogen) atoms. The molecule has 84 valence electrons. The maximum absolute atomic E-state index is 8.87. The van der Waals surface area contributed by atoms with Crippen LogP contribution in [-0.2, 0) is 0 Å². The Morgan fingerprint density at radius 1 is 1.69 bits per heavy atom. The van der Waals surface area contributed by atoms with E-state index >= 15 is 0 Å². The predicted molar refractivity (Wildman–Crippen MR) is 59.5 cm³/mol. The average Bonchev–Trinajstić information content (AvgIpc) is 2.74. The van der Waals surface area contributed by atoms with E-state index in [0.717, 1.165) is 19.4 Å². The highest BCUT2D eigenvalue weighted by atomic mass is 16.5. The maximum Gasteiger partial charge on any atom is 0.179 e. The fourth-order valence-electron chi connectivity index (χ4n) is 1.85. The first-order chi connectivity index (χ1) is 7.79. The fourth-order valence-corrected chi connectivity index (χ4v) is 1.85. The van der Waals surface area contributed by atoms with Crippen molar-refractivity contribution in [2.24, 2.45) is 0 Å². The van der Waals surface area contributed by atoms with Gasteiger partial charge >= 0.3 is 0 Å². The first kappa shape index (κ1) is 10.6. The van der Waals surface area contributed by atoms with Crippen molar-refractivity contribution in [1.29, 1.82) is 5.26 Å². The molecule has 0 spiro atoms. The van der Waals surface area contributed by atoms with Crippen LogP contribution in [-0.4, -0.2) is 29.1 Å². The molecule has 0 radical (unpaired) electrons. The Hall–Kier alpha value is -1.96. The first-order valence-corrected chi connectivity index (χ1v) is 5.30. The summed E-state index contributed by atoms with van der Waals surface area (Å²) in [5, 5.41) is 8.87. The fraction of sp³-hybridized carbons (Fsp3) is 0.455. The van der Waals surface area contributed by atoms with Gasteiger partial charge in [-0.2, -0.15) is 5.26 Å². The number of aromatic nitrogens is 1. The van der Waals surface area contributed by atoms with Gasteiger partial charge in [-0.1, -0.05) is 0 Å². The van der Waals surface area contributed by atoms with Gasteiger partial charge in [0.15, 0.2) is 6.19 Å². The Morgan fingerprint density at radius 3 is 3.31 bits per heavy atom. The van der Waals surface area contributed by atoms with E-state index in [1.807, 2.05) is 0 Å². The van der Waals surface area contributed by atoms with Gasteiger partial charge in [0.1, 0.15) is 18.2 Å². The molecule has 1 aromatic heterocycles. The van der Waals surface area contributed by atoms with E-state index in [-0.39, 0.29) is 6.04 Å². The van der Waals surface area contributed by atoms with E-state index in [1.54, 1.807) is 23.2 Å². The molecule has 0 saturated carbocycles. The summed E-state index contributed by atoms with van der Waals surface area (Å²) in [6, 6.07) is 3.65. The molecule has 0 bridgehead atoms. The molecule has 2 heterocycles. The molecule has 1 aromatic rings. The third kappa shape index (κ3) is 2.34. The number of ether oxygens (including phenoxy) is 1. The van der Waals surface area contributed by atoms with E-state index in [2.05, 4.69) is 11.2 Å². The van der Waals surface area contributed by atoms with E-state index in [4.69, 9.17) is 15.7 Å². The summed E-state index contributed by atoms with van der Waals surface area (Å²) < 4.78 is 5.59. The van der Waals surface area contributed by atoms with Crippen LogP contribution in [0.15, 0.2) is 18.3 Å². The Labute approximate surface area is 94.4 Å². The lowest BCUT2D eigenvalue weighted by atomic mass is 10.2. The van der Waals surface area contributed by atoms with Gasteiger partial charge in [0, 0.05) is 18.8 Å².